The van der Waals surface area contributed by atoms with Crippen LogP contribution >= 0.6 is 28.3 Å². The molecule has 2 aliphatic rings. The van der Waals surface area contributed by atoms with Crippen molar-refractivity contribution in [1.82, 2.24) is 10.2 Å². The number of halogens is 2. The Morgan fingerprint density at radius 3 is 2.74 bits per heavy atom. The van der Waals surface area contributed by atoms with E-state index in [9.17, 15) is 9.59 Å². The van der Waals surface area contributed by atoms with Gasteiger partial charge in [-0.1, -0.05) is 12.1 Å². The van der Waals surface area contributed by atoms with Crippen LogP contribution in [0.1, 0.15) is 13.3 Å². The molecule has 2 heterocycles. The highest BCUT2D eigenvalue weighted by Gasteiger charge is 2.40. The van der Waals surface area contributed by atoms with Gasteiger partial charge >= 0.3 is 0 Å². The fourth-order valence-electron chi connectivity index (χ4n) is 3.17. The van der Waals surface area contributed by atoms with Crippen molar-refractivity contribution >= 4 is 45.8 Å². The molecule has 23 heavy (non-hydrogen) atoms. The van der Waals surface area contributed by atoms with Crippen LogP contribution in [0.15, 0.2) is 28.7 Å². The minimum Gasteiger partial charge on any atom is -0.339 e. The molecule has 1 aromatic carbocycles. The minimum atomic E-state index is -0.530. The van der Waals surface area contributed by atoms with Crippen molar-refractivity contribution in [2.45, 2.75) is 19.4 Å². The summed E-state index contributed by atoms with van der Waals surface area (Å²) in [4.78, 5) is 28.9. The first-order valence-electron chi connectivity index (χ1n) is 7.66. The van der Waals surface area contributed by atoms with E-state index >= 15 is 0 Å². The Labute approximate surface area is 150 Å². The monoisotopic (exact) mass is 401 g/mol. The molecule has 2 saturated heterocycles. The normalized spacial score (nSPS) is 24.5. The number of amides is 2. The molecular weight excluding hydrogens is 382 g/mol. The van der Waals surface area contributed by atoms with Gasteiger partial charge < -0.3 is 15.1 Å². The second-order valence-corrected chi connectivity index (χ2v) is 6.78. The summed E-state index contributed by atoms with van der Waals surface area (Å²) in [6, 6.07) is 7.92. The number of rotatable bonds is 2. The molecule has 0 bridgehead atoms. The molecule has 0 aliphatic carbocycles. The number of nitrogens with zero attached hydrogens (tertiary/aromatic N) is 2. The zero-order valence-corrected chi connectivity index (χ0v) is 15.4. The first-order chi connectivity index (χ1) is 10.6. The number of benzene rings is 1. The average molecular weight is 403 g/mol. The third-order valence-corrected chi connectivity index (χ3v) is 5.00. The number of hydrogen-bond donors (Lipinski definition) is 1. The van der Waals surface area contributed by atoms with Crippen molar-refractivity contribution in [1.29, 1.82) is 0 Å². The number of para-hydroxylation sites is 1. The van der Waals surface area contributed by atoms with Crippen molar-refractivity contribution in [3.05, 3.63) is 28.7 Å². The van der Waals surface area contributed by atoms with Crippen LogP contribution < -0.4 is 10.2 Å². The van der Waals surface area contributed by atoms with Gasteiger partial charge in [-0.3, -0.25) is 9.59 Å². The number of hydrogen-bond acceptors (Lipinski definition) is 3. The summed E-state index contributed by atoms with van der Waals surface area (Å²) in [5.74, 6) is -0.631. The molecule has 5 nitrogen and oxygen atoms in total. The lowest BCUT2D eigenvalue weighted by atomic mass is 10.1. The third-order valence-electron chi connectivity index (χ3n) is 4.33. The van der Waals surface area contributed by atoms with Gasteiger partial charge in [0.05, 0.1) is 5.69 Å². The van der Waals surface area contributed by atoms with E-state index in [2.05, 4.69) is 28.2 Å². The molecule has 2 amide bonds. The van der Waals surface area contributed by atoms with Gasteiger partial charge in [-0.25, -0.2) is 0 Å². The van der Waals surface area contributed by atoms with E-state index < -0.39 is 5.92 Å². The number of nitrogens with one attached hydrogen (secondary N) is 1. The van der Waals surface area contributed by atoms with Crippen LogP contribution in [0.5, 0.6) is 0 Å². The fourth-order valence-corrected chi connectivity index (χ4v) is 3.67. The summed E-state index contributed by atoms with van der Waals surface area (Å²) in [5, 5.41) is 3.32. The van der Waals surface area contributed by atoms with E-state index in [1.165, 1.54) is 0 Å². The summed E-state index contributed by atoms with van der Waals surface area (Å²) < 4.78 is 0.882. The molecule has 1 N–H and O–H groups in total. The van der Waals surface area contributed by atoms with Crippen LogP contribution in [0.25, 0.3) is 0 Å². The van der Waals surface area contributed by atoms with Crippen LogP contribution in [0.3, 0.4) is 0 Å². The number of piperazine rings is 1. The van der Waals surface area contributed by atoms with Crippen LogP contribution in [-0.4, -0.2) is 48.9 Å². The molecular formula is C16H21BrClN3O2. The molecule has 1 aromatic rings. The standard InChI is InChI=1S/C16H20BrN3O2.ClH/c1-11-10-19(9-7-18-11)15(21)12-6-8-20(16(12)22)14-5-3-2-4-13(14)17;/h2-5,11-12,18H,6-10H2,1H3;1H. The topological polar surface area (TPSA) is 52.7 Å². The Bertz CT molecular complexity index is 598. The lowest BCUT2D eigenvalue weighted by molar-refractivity contribution is -0.140. The van der Waals surface area contributed by atoms with Gasteiger partial charge in [0, 0.05) is 36.7 Å². The third kappa shape index (κ3) is 3.70. The maximum atomic E-state index is 12.7. The summed E-state index contributed by atoms with van der Waals surface area (Å²) in [6.07, 6.45) is 0.595. The molecule has 7 heteroatoms. The van der Waals surface area contributed by atoms with Crippen molar-refractivity contribution in [2.24, 2.45) is 5.92 Å². The SMILES string of the molecule is CC1CN(C(=O)C2CCN(c3ccccc3Br)C2=O)CCN1.Cl. The van der Waals surface area contributed by atoms with Crippen molar-refractivity contribution in [3.8, 4) is 0 Å². The van der Waals surface area contributed by atoms with Gasteiger partial charge in [-0.05, 0) is 41.4 Å². The Balaban J connectivity index is 0.00000192. The lowest BCUT2D eigenvalue weighted by Crippen LogP contribution is -2.53. The van der Waals surface area contributed by atoms with E-state index in [0.29, 0.717) is 26.1 Å². The molecule has 126 valence electrons. The van der Waals surface area contributed by atoms with E-state index in [1.54, 1.807) is 4.90 Å². The second kappa shape index (κ2) is 7.64. The summed E-state index contributed by atoms with van der Waals surface area (Å²) in [7, 11) is 0. The van der Waals surface area contributed by atoms with Gasteiger partial charge in [0.15, 0.2) is 0 Å². The van der Waals surface area contributed by atoms with E-state index in [4.69, 9.17) is 0 Å². The summed E-state index contributed by atoms with van der Waals surface area (Å²) >= 11 is 3.48. The first kappa shape index (κ1) is 18.2. The van der Waals surface area contributed by atoms with Gasteiger partial charge in [0.2, 0.25) is 11.8 Å². The molecule has 0 aromatic heterocycles. The Morgan fingerprint density at radius 1 is 1.30 bits per heavy atom. The largest absolute Gasteiger partial charge is 0.339 e. The quantitative estimate of drug-likeness (QED) is 0.770. The number of carbonyl (C=O) groups is 2. The van der Waals surface area contributed by atoms with Gasteiger partial charge in [-0.2, -0.15) is 0 Å². The lowest BCUT2D eigenvalue weighted by Gasteiger charge is -2.33. The highest BCUT2D eigenvalue weighted by Crippen LogP contribution is 2.32. The van der Waals surface area contributed by atoms with Crippen LogP contribution in [0.2, 0.25) is 0 Å². The Morgan fingerprint density at radius 2 is 2.04 bits per heavy atom. The number of carbonyl (C=O) groups excluding carboxylic acids is 2. The molecule has 2 unspecified atom stereocenters. The predicted octanol–water partition coefficient (Wildman–Crippen LogP) is 2.04. The minimum absolute atomic E-state index is 0. The van der Waals surface area contributed by atoms with Crippen molar-refractivity contribution in [2.75, 3.05) is 31.1 Å². The Hall–Kier alpha value is -1.11. The smallest absolute Gasteiger partial charge is 0.239 e. The van der Waals surface area contributed by atoms with Crippen LogP contribution in [0.4, 0.5) is 5.69 Å². The Kier molecular flexibility index (Phi) is 6.06. The van der Waals surface area contributed by atoms with Crippen LogP contribution in [0, 0.1) is 5.92 Å². The molecule has 3 rings (SSSR count). The maximum Gasteiger partial charge on any atom is 0.239 e. The van der Waals surface area contributed by atoms with Gasteiger partial charge in [0.25, 0.3) is 0 Å². The molecule has 0 saturated carbocycles. The van der Waals surface area contributed by atoms with Gasteiger partial charge in [0.1, 0.15) is 5.92 Å². The van der Waals surface area contributed by atoms with Crippen molar-refractivity contribution < 1.29 is 9.59 Å². The predicted molar refractivity (Wildman–Crippen MR) is 95.9 cm³/mol. The maximum absolute atomic E-state index is 12.7. The highest BCUT2D eigenvalue weighted by atomic mass is 79.9. The molecule has 0 radical (unpaired) electrons. The van der Waals surface area contributed by atoms with E-state index in [1.807, 2.05) is 29.2 Å². The average Bonchev–Trinajstić information content (AvgIpc) is 2.88. The fraction of sp³-hybridized carbons (Fsp3) is 0.500. The van der Waals surface area contributed by atoms with E-state index in [0.717, 1.165) is 16.7 Å². The summed E-state index contributed by atoms with van der Waals surface area (Å²) in [6.45, 7) is 4.81. The van der Waals surface area contributed by atoms with Gasteiger partial charge in [-0.15, -0.1) is 12.4 Å². The molecule has 0 spiro atoms. The summed E-state index contributed by atoms with van der Waals surface area (Å²) in [5.41, 5.74) is 0.844. The second-order valence-electron chi connectivity index (χ2n) is 5.92. The number of anilines is 1. The molecule has 2 aliphatic heterocycles. The van der Waals surface area contributed by atoms with E-state index in [-0.39, 0.29) is 30.3 Å². The first-order valence-corrected chi connectivity index (χ1v) is 8.45. The molecule has 2 fully saturated rings. The zero-order valence-electron chi connectivity index (χ0n) is 13.0. The van der Waals surface area contributed by atoms with Crippen LogP contribution in [-0.2, 0) is 9.59 Å². The highest BCUT2D eigenvalue weighted by molar-refractivity contribution is 9.10. The van der Waals surface area contributed by atoms with Crippen molar-refractivity contribution in [3.63, 3.8) is 0 Å². The molecule has 2 atom stereocenters. The zero-order chi connectivity index (χ0) is 15.7.